The second-order valence-corrected chi connectivity index (χ2v) is 7.56. The van der Waals surface area contributed by atoms with Crippen LogP contribution in [0, 0.1) is 0 Å². The number of piperidine rings is 1. The van der Waals surface area contributed by atoms with Crippen molar-refractivity contribution in [1.29, 1.82) is 0 Å². The first-order chi connectivity index (χ1) is 14.0. The van der Waals surface area contributed by atoms with Gasteiger partial charge < -0.3 is 14.9 Å². The van der Waals surface area contributed by atoms with Crippen LogP contribution in [0.5, 0.6) is 0 Å². The van der Waals surface area contributed by atoms with Gasteiger partial charge in [-0.25, -0.2) is 4.79 Å². The summed E-state index contributed by atoms with van der Waals surface area (Å²) < 4.78 is 4.73. The maximum absolute atomic E-state index is 12.9. The molecule has 2 aliphatic rings. The Bertz CT molecular complexity index is 961. The van der Waals surface area contributed by atoms with Crippen molar-refractivity contribution in [3.63, 3.8) is 0 Å². The highest BCUT2D eigenvalue weighted by atomic mass is 16.7. The van der Waals surface area contributed by atoms with Crippen LogP contribution in [0.3, 0.4) is 0 Å². The number of fused-ring (bicyclic) bond motifs is 1. The quantitative estimate of drug-likeness (QED) is 0.798. The average molecular weight is 396 g/mol. The molecular formula is C21H24N4O4. The number of hydrogen-bond donors (Lipinski definition) is 1. The van der Waals surface area contributed by atoms with Gasteiger partial charge in [-0.15, -0.1) is 0 Å². The predicted molar refractivity (Wildman–Crippen MR) is 109 cm³/mol. The number of esters is 1. The highest BCUT2D eigenvalue weighted by molar-refractivity contribution is 6.36. The zero-order chi connectivity index (χ0) is 20.4. The molecule has 1 aromatic carbocycles. The van der Waals surface area contributed by atoms with E-state index in [1.54, 1.807) is 6.20 Å². The van der Waals surface area contributed by atoms with Crippen molar-refractivity contribution in [1.82, 2.24) is 9.88 Å². The molecule has 8 heteroatoms. The number of pyridine rings is 1. The van der Waals surface area contributed by atoms with E-state index in [4.69, 9.17) is 9.57 Å². The van der Waals surface area contributed by atoms with Crippen molar-refractivity contribution >= 4 is 34.2 Å². The lowest BCUT2D eigenvalue weighted by atomic mass is 9.86. The molecular weight excluding hydrogens is 372 g/mol. The summed E-state index contributed by atoms with van der Waals surface area (Å²) in [4.78, 5) is 36.6. The number of nitrogens with zero attached hydrogens (tertiary/aromatic N) is 3. The fraction of sp³-hybridized carbons (Fsp3) is 0.429. The molecule has 152 valence electrons. The molecule has 2 aliphatic heterocycles. The number of hydrogen-bond acceptors (Lipinski definition) is 7. The summed E-state index contributed by atoms with van der Waals surface area (Å²) in [5, 5.41) is 7.87. The maximum atomic E-state index is 12.9. The van der Waals surface area contributed by atoms with Crippen molar-refractivity contribution in [3.05, 3.63) is 36.5 Å². The Kier molecular flexibility index (Phi) is 5.19. The minimum absolute atomic E-state index is 0.0591. The van der Waals surface area contributed by atoms with E-state index in [1.165, 1.54) is 7.11 Å². The number of carbonyl (C=O) groups excluding carboxylic acids is 2. The lowest BCUT2D eigenvalue weighted by molar-refractivity contribution is -0.132. The molecule has 3 heterocycles. The number of likely N-dealkylation sites (tertiary alicyclic amines) is 1. The van der Waals surface area contributed by atoms with E-state index < -0.39 is 11.6 Å². The van der Waals surface area contributed by atoms with Gasteiger partial charge in [0, 0.05) is 43.9 Å². The van der Waals surface area contributed by atoms with Gasteiger partial charge in [0.15, 0.2) is 5.71 Å². The van der Waals surface area contributed by atoms with Gasteiger partial charge in [0.2, 0.25) is 5.91 Å². The van der Waals surface area contributed by atoms with Gasteiger partial charge in [-0.3, -0.25) is 14.7 Å². The molecule has 1 amide bonds. The molecule has 0 aliphatic carbocycles. The summed E-state index contributed by atoms with van der Waals surface area (Å²) in [7, 11) is 1.34. The van der Waals surface area contributed by atoms with Gasteiger partial charge in [-0.05, 0) is 31.2 Å². The number of oxime groups is 1. The standard InChI is InChI=1S/C21H24N4O4/c1-14(19(26)23-17-7-3-6-16-15(17)5-4-10-22-16)25-11-8-21(9-12-25)13-18(24-29-21)20(27)28-2/h3-7,10,14H,8-9,11-13H2,1-2H3,(H,23,26). The summed E-state index contributed by atoms with van der Waals surface area (Å²) in [6.07, 6.45) is 3.59. The third kappa shape index (κ3) is 3.80. The topological polar surface area (TPSA) is 93.1 Å². The number of nitrogens with one attached hydrogen (secondary N) is 1. The molecule has 1 aromatic heterocycles. The van der Waals surface area contributed by atoms with E-state index in [9.17, 15) is 9.59 Å². The van der Waals surface area contributed by atoms with Crippen molar-refractivity contribution < 1.29 is 19.2 Å². The number of benzene rings is 1. The summed E-state index contributed by atoms with van der Waals surface area (Å²) in [5.41, 5.74) is 1.47. The third-order valence-electron chi connectivity index (χ3n) is 5.80. The van der Waals surface area contributed by atoms with Crippen LogP contribution in [0.25, 0.3) is 10.9 Å². The molecule has 8 nitrogen and oxygen atoms in total. The van der Waals surface area contributed by atoms with E-state index in [2.05, 4.69) is 20.4 Å². The van der Waals surface area contributed by atoms with Crippen LogP contribution in [-0.2, 0) is 19.2 Å². The van der Waals surface area contributed by atoms with Crippen molar-refractivity contribution in [2.24, 2.45) is 5.16 Å². The molecule has 1 spiro atoms. The molecule has 2 aromatic rings. The van der Waals surface area contributed by atoms with Crippen molar-refractivity contribution in [3.8, 4) is 0 Å². The van der Waals surface area contributed by atoms with Crippen LogP contribution in [0.15, 0.2) is 41.7 Å². The van der Waals surface area contributed by atoms with Gasteiger partial charge in [-0.2, -0.15) is 0 Å². The van der Waals surface area contributed by atoms with Crippen LogP contribution in [0.2, 0.25) is 0 Å². The summed E-state index contributed by atoms with van der Waals surface area (Å²) in [6.45, 7) is 3.29. The first kappa shape index (κ1) is 19.3. The smallest absolute Gasteiger partial charge is 0.355 e. The van der Waals surface area contributed by atoms with E-state index in [0.29, 0.717) is 38.1 Å². The molecule has 4 rings (SSSR count). The second kappa shape index (κ2) is 7.79. The largest absolute Gasteiger partial charge is 0.464 e. The van der Waals surface area contributed by atoms with E-state index in [-0.39, 0.29) is 11.9 Å². The van der Waals surface area contributed by atoms with Gasteiger partial charge in [-0.1, -0.05) is 11.2 Å². The van der Waals surface area contributed by atoms with Crippen molar-refractivity contribution in [2.45, 2.75) is 37.8 Å². The SMILES string of the molecule is COC(=O)C1=NOC2(CCN(C(C)C(=O)Nc3cccc4ncccc34)CC2)C1. The number of ether oxygens (including phenoxy) is 1. The zero-order valence-electron chi connectivity index (χ0n) is 16.6. The normalized spacial score (nSPS) is 19.4. The highest BCUT2D eigenvalue weighted by Gasteiger charge is 2.45. The lowest BCUT2D eigenvalue weighted by Gasteiger charge is -2.39. The molecule has 1 saturated heterocycles. The Labute approximate surface area is 168 Å². The number of methoxy groups -OCH3 is 1. The van der Waals surface area contributed by atoms with Gasteiger partial charge >= 0.3 is 5.97 Å². The maximum Gasteiger partial charge on any atom is 0.355 e. The molecule has 0 saturated carbocycles. The van der Waals surface area contributed by atoms with Gasteiger partial charge in [0.1, 0.15) is 5.60 Å². The van der Waals surface area contributed by atoms with Crippen LogP contribution in [-0.4, -0.2) is 59.3 Å². The molecule has 1 N–H and O–H groups in total. The van der Waals surface area contributed by atoms with Crippen LogP contribution < -0.4 is 5.32 Å². The van der Waals surface area contributed by atoms with Crippen LogP contribution in [0.1, 0.15) is 26.2 Å². The van der Waals surface area contributed by atoms with E-state index in [1.807, 2.05) is 37.3 Å². The summed E-state index contributed by atoms with van der Waals surface area (Å²) in [6, 6.07) is 9.21. The molecule has 29 heavy (non-hydrogen) atoms. The zero-order valence-corrected chi connectivity index (χ0v) is 16.6. The fourth-order valence-corrected chi connectivity index (χ4v) is 3.95. The highest BCUT2D eigenvalue weighted by Crippen LogP contribution is 2.35. The molecule has 0 bridgehead atoms. The third-order valence-corrected chi connectivity index (χ3v) is 5.80. The Morgan fingerprint density at radius 2 is 2.03 bits per heavy atom. The number of amides is 1. The summed E-state index contributed by atoms with van der Waals surface area (Å²) in [5.74, 6) is -0.502. The molecule has 1 fully saturated rings. The Balaban J connectivity index is 1.37. The second-order valence-electron chi connectivity index (χ2n) is 7.56. The first-order valence-electron chi connectivity index (χ1n) is 9.73. The molecule has 1 atom stereocenters. The van der Waals surface area contributed by atoms with Crippen molar-refractivity contribution in [2.75, 3.05) is 25.5 Å². The van der Waals surface area contributed by atoms with Crippen LogP contribution >= 0.6 is 0 Å². The fourth-order valence-electron chi connectivity index (χ4n) is 3.95. The number of aromatic nitrogens is 1. The van der Waals surface area contributed by atoms with E-state index in [0.717, 1.165) is 16.6 Å². The minimum Gasteiger partial charge on any atom is -0.464 e. The lowest BCUT2D eigenvalue weighted by Crippen LogP contribution is -2.51. The Morgan fingerprint density at radius 3 is 2.79 bits per heavy atom. The molecule has 1 unspecified atom stereocenters. The summed E-state index contributed by atoms with van der Waals surface area (Å²) >= 11 is 0. The van der Waals surface area contributed by atoms with E-state index >= 15 is 0 Å². The first-order valence-corrected chi connectivity index (χ1v) is 9.73. The number of rotatable bonds is 4. The number of carbonyl (C=O) groups is 2. The Morgan fingerprint density at radius 1 is 1.24 bits per heavy atom. The van der Waals surface area contributed by atoms with Crippen LogP contribution in [0.4, 0.5) is 5.69 Å². The average Bonchev–Trinajstić information content (AvgIpc) is 3.17. The Hall–Kier alpha value is -3.00. The number of anilines is 1. The predicted octanol–water partition coefficient (Wildman–Crippen LogP) is 2.35. The monoisotopic (exact) mass is 396 g/mol. The molecule has 0 radical (unpaired) electrons. The minimum atomic E-state index is -0.461. The van der Waals surface area contributed by atoms with Gasteiger partial charge in [0.25, 0.3) is 0 Å². The van der Waals surface area contributed by atoms with Gasteiger partial charge in [0.05, 0.1) is 24.4 Å².